The van der Waals surface area contributed by atoms with Crippen LogP contribution in [0.1, 0.15) is 38.7 Å². The third kappa shape index (κ3) is 4.44. The van der Waals surface area contributed by atoms with Gasteiger partial charge in [0.15, 0.2) is 18.1 Å². The SMILES string of the molecule is CC1(C)Cc2cccc(OCC(=O)NCC(=O)N3CCCCC3)c2O1. The smallest absolute Gasteiger partial charge is 0.258 e. The molecule has 25 heavy (non-hydrogen) atoms. The maximum atomic E-state index is 12.1. The second kappa shape index (κ2) is 7.33. The van der Waals surface area contributed by atoms with Crippen LogP contribution in [0.2, 0.25) is 0 Å². The lowest BCUT2D eigenvalue weighted by molar-refractivity contribution is -0.134. The number of ether oxygens (including phenoxy) is 2. The molecule has 2 heterocycles. The molecule has 3 rings (SSSR count). The summed E-state index contributed by atoms with van der Waals surface area (Å²) in [6.07, 6.45) is 4.07. The Hall–Kier alpha value is -2.24. The van der Waals surface area contributed by atoms with Crippen LogP contribution in [0.4, 0.5) is 0 Å². The van der Waals surface area contributed by atoms with Gasteiger partial charge in [-0.05, 0) is 39.2 Å². The normalized spacial score (nSPS) is 18.2. The lowest BCUT2D eigenvalue weighted by Gasteiger charge is -2.26. The molecule has 1 saturated heterocycles. The molecule has 0 radical (unpaired) electrons. The third-order valence-electron chi connectivity index (χ3n) is 4.56. The molecular formula is C19H26N2O4. The predicted molar refractivity (Wildman–Crippen MR) is 93.8 cm³/mol. The highest BCUT2D eigenvalue weighted by atomic mass is 16.5. The summed E-state index contributed by atoms with van der Waals surface area (Å²) in [6.45, 7) is 5.51. The first-order valence-corrected chi connectivity index (χ1v) is 8.93. The average molecular weight is 346 g/mol. The van der Waals surface area contributed by atoms with E-state index in [0.717, 1.165) is 37.9 Å². The van der Waals surface area contributed by atoms with E-state index in [-0.39, 0.29) is 30.6 Å². The molecule has 2 amide bonds. The number of nitrogens with one attached hydrogen (secondary N) is 1. The van der Waals surface area contributed by atoms with Gasteiger partial charge in [-0.25, -0.2) is 0 Å². The Kier molecular flexibility index (Phi) is 5.16. The highest BCUT2D eigenvalue weighted by molar-refractivity contribution is 5.85. The summed E-state index contributed by atoms with van der Waals surface area (Å²) < 4.78 is 11.5. The number of nitrogens with zero attached hydrogens (tertiary/aromatic N) is 1. The van der Waals surface area contributed by atoms with Crippen LogP contribution >= 0.6 is 0 Å². The first kappa shape index (κ1) is 17.6. The Balaban J connectivity index is 1.47. The van der Waals surface area contributed by atoms with Crippen molar-refractivity contribution in [2.45, 2.75) is 45.1 Å². The van der Waals surface area contributed by atoms with Crippen molar-refractivity contribution in [1.29, 1.82) is 0 Å². The van der Waals surface area contributed by atoms with Crippen LogP contribution < -0.4 is 14.8 Å². The molecule has 0 aromatic heterocycles. The van der Waals surface area contributed by atoms with Gasteiger partial charge < -0.3 is 19.7 Å². The maximum absolute atomic E-state index is 12.1. The quantitative estimate of drug-likeness (QED) is 0.884. The molecule has 0 saturated carbocycles. The van der Waals surface area contributed by atoms with Gasteiger partial charge in [-0.15, -0.1) is 0 Å². The second-order valence-electron chi connectivity index (χ2n) is 7.29. The van der Waals surface area contributed by atoms with E-state index >= 15 is 0 Å². The Labute approximate surface area is 148 Å². The van der Waals surface area contributed by atoms with Crippen molar-refractivity contribution in [2.24, 2.45) is 0 Å². The molecule has 2 aliphatic rings. The molecule has 0 atom stereocenters. The van der Waals surface area contributed by atoms with Crippen molar-refractivity contribution in [1.82, 2.24) is 10.2 Å². The summed E-state index contributed by atoms with van der Waals surface area (Å²) in [5.41, 5.74) is 0.827. The Bertz CT molecular complexity index is 651. The summed E-state index contributed by atoms with van der Waals surface area (Å²) in [6, 6.07) is 5.71. The van der Waals surface area contributed by atoms with Crippen molar-refractivity contribution in [3.05, 3.63) is 23.8 Å². The van der Waals surface area contributed by atoms with E-state index in [9.17, 15) is 9.59 Å². The molecular weight excluding hydrogens is 320 g/mol. The molecule has 136 valence electrons. The first-order chi connectivity index (χ1) is 11.9. The minimum absolute atomic E-state index is 0.0264. The number of para-hydroxylation sites is 1. The van der Waals surface area contributed by atoms with Crippen LogP contribution in [-0.4, -0.2) is 48.6 Å². The van der Waals surface area contributed by atoms with Gasteiger partial charge in [-0.2, -0.15) is 0 Å². The van der Waals surface area contributed by atoms with Gasteiger partial charge >= 0.3 is 0 Å². The zero-order valence-electron chi connectivity index (χ0n) is 15.0. The number of hydrogen-bond acceptors (Lipinski definition) is 4. The topological polar surface area (TPSA) is 67.9 Å². The Morgan fingerprint density at radius 2 is 2.00 bits per heavy atom. The van der Waals surface area contributed by atoms with E-state index in [1.807, 2.05) is 30.9 Å². The van der Waals surface area contributed by atoms with Crippen molar-refractivity contribution >= 4 is 11.8 Å². The number of piperidine rings is 1. The van der Waals surface area contributed by atoms with Crippen molar-refractivity contribution in [3.8, 4) is 11.5 Å². The number of likely N-dealkylation sites (tertiary alicyclic amines) is 1. The van der Waals surface area contributed by atoms with Crippen LogP contribution in [0.25, 0.3) is 0 Å². The van der Waals surface area contributed by atoms with Crippen LogP contribution in [0, 0.1) is 0 Å². The van der Waals surface area contributed by atoms with Crippen LogP contribution in [0.5, 0.6) is 11.5 Å². The molecule has 1 aromatic rings. The van der Waals surface area contributed by atoms with Crippen molar-refractivity contribution in [2.75, 3.05) is 26.2 Å². The van der Waals surface area contributed by atoms with E-state index < -0.39 is 0 Å². The summed E-state index contributed by atoms with van der Waals surface area (Å²) in [7, 11) is 0. The molecule has 0 bridgehead atoms. The fourth-order valence-corrected chi connectivity index (χ4v) is 3.32. The number of rotatable bonds is 5. The van der Waals surface area contributed by atoms with E-state index in [2.05, 4.69) is 5.32 Å². The van der Waals surface area contributed by atoms with Gasteiger partial charge in [0.25, 0.3) is 5.91 Å². The fraction of sp³-hybridized carbons (Fsp3) is 0.579. The molecule has 0 aliphatic carbocycles. The summed E-state index contributed by atoms with van der Waals surface area (Å²) >= 11 is 0. The number of carbonyl (C=O) groups excluding carboxylic acids is 2. The standard InChI is InChI=1S/C19H26N2O4/c1-19(2)11-14-7-6-8-15(18(14)25-19)24-13-16(22)20-12-17(23)21-9-4-3-5-10-21/h6-8H,3-5,9-13H2,1-2H3,(H,20,22). The van der Waals surface area contributed by atoms with Gasteiger partial charge in [0, 0.05) is 25.1 Å². The van der Waals surface area contributed by atoms with E-state index in [4.69, 9.17) is 9.47 Å². The van der Waals surface area contributed by atoms with Gasteiger partial charge in [0.1, 0.15) is 5.60 Å². The lowest BCUT2D eigenvalue weighted by Crippen LogP contribution is -2.43. The average Bonchev–Trinajstić information content (AvgIpc) is 2.93. The molecule has 6 heteroatoms. The van der Waals surface area contributed by atoms with Gasteiger partial charge in [0.2, 0.25) is 5.91 Å². The Morgan fingerprint density at radius 1 is 1.24 bits per heavy atom. The molecule has 1 N–H and O–H groups in total. The molecule has 0 spiro atoms. The van der Waals surface area contributed by atoms with Gasteiger partial charge in [0.05, 0.1) is 6.54 Å². The zero-order chi connectivity index (χ0) is 17.9. The Morgan fingerprint density at radius 3 is 2.76 bits per heavy atom. The third-order valence-corrected chi connectivity index (χ3v) is 4.56. The molecule has 2 aliphatic heterocycles. The highest BCUT2D eigenvalue weighted by Gasteiger charge is 2.32. The van der Waals surface area contributed by atoms with E-state index in [1.54, 1.807) is 6.07 Å². The number of hydrogen-bond donors (Lipinski definition) is 1. The van der Waals surface area contributed by atoms with E-state index in [1.165, 1.54) is 6.42 Å². The lowest BCUT2D eigenvalue weighted by atomic mass is 10.0. The number of fused-ring (bicyclic) bond motifs is 1. The van der Waals surface area contributed by atoms with Gasteiger partial charge in [-0.1, -0.05) is 12.1 Å². The van der Waals surface area contributed by atoms with Crippen LogP contribution in [-0.2, 0) is 16.0 Å². The summed E-state index contributed by atoms with van der Waals surface area (Å²) in [4.78, 5) is 25.8. The number of benzene rings is 1. The fourth-order valence-electron chi connectivity index (χ4n) is 3.32. The van der Waals surface area contributed by atoms with Crippen molar-refractivity contribution < 1.29 is 19.1 Å². The minimum atomic E-state index is -0.305. The van der Waals surface area contributed by atoms with E-state index in [0.29, 0.717) is 11.5 Å². The van der Waals surface area contributed by atoms with Crippen LogP contribution in [0.3, 0.4) is 0 Å². The zero-order valence-corrected chi connectivity index (χ0v) is 15.0. The molecule has 1 fully saturated rings. The minimum Gasteiger partial charge on any atom is -0.483 e. The monoisotopic (exact) mass is 346 g/mol. The van der Waals surface area contributed by atoms with Crippen molar-refractivity contribution in [3.63, 3.8) is 0 Å². The highest BCUT2D eigenvalue weighted by Crippen LogP contribution is 2.41. The second-order valence-corrected chi connectivity index (χ2v) is 7.29. The number of carbonyl (C=O) groups is 2. The molecule has 0 unspecified atom stereocenters. The predicted octanol–water partition coefficient (Wildman–Crippen LogP) is 1.91. The summed E-state index contributed by atoms with van der Waals surface area (Å²) in [5.74, 6) is 0.948. The molecule has 1 aromatic carbocycles. The first-order valence-electron chi connectivity index (χ1n) is 8.93. The van der Waals surface area contributed by atoms with Crippen LogP contribution in [0.15, 0.2) is 18.2 Å². The maximum Gasteiger partial charge on any atom is 0.258 e. The van der Waals surface area contributed by atoms with Gasteiger partial charge in [-0.3, -0.25) is 9.59 Å². The molecule has 6 nitrogen and oxygen atoms in total. The summed E-state index contributed by atoms with van der Waals surface area (Å²) in [5, 5.41) is 2.64. The largest absolute Gasteiger partial charge is 0.483 e. The number of amides is 2.